The van der Waals surface area contributed by atoms with Gasteiger partial charge in [0.25, 0.3) is 0 Å². The first-order valence-corrected chi connectivity index (χ1v) is 4.38. The van der Waals surface area contributed by atoms with Crippen LogP contribution in [0.25, 0.3) is 11.1 Å². The van der Waals surface area contributed by atoms with E-state index in [0.717, 1.165) is 11.1 Å². The quantitative estimate of drug-likeness (QED) is 0.593. The van der Waals surface area contributed by atoms with Crippen molar-refractivity contribution < 1.29 is 4.39 Å². The van der Waals surface area contributed by atoms with E-state index in [0.29, 0.717) is 0 Å². The van der Waals surface area contributed by atoms with E-state index in [2.05, 4.69) is 0 Å². The Hall–Kier alpha value is -1.57. The molecule has 2 aromatic carbocycles. The third-order valence-electron chi connectivity index (χ3n) is 2.11. The zero-order chi connectivity index (χ0) is 9.97. The van der Waals surface area contributed by atoms with Gasteiger partial charge in [0.05, 0.1) is 0 Å². The van der Waals surface area contributed by atoms with Crippen molar-refractivity contribution >= 4 is 13.3 Å². The molecule has 0 aromatic heterocycles. The van der Waals surface area contributed by atoms with Crippen LogP contribution in [0.5, 0.6) is 0 Å². The molecule has 0 aliphatic carbocycles. The molecule has 0 saturated carbocycles. The smallest absolute Gasteiger partial charge is 0.117 e. The van der Waals surface area contributed by atoms with Crippen molar-refractivity contribution in [2.75, 3.05) is 0 Å². The minimum Gasteiger partial charge on any atom is -0.208 e. The first kappa shape index (κ1) is 9.01. The van der Waals surface area contributed by atoms with Crippen LogP contribution >= 0.6 is 0 Å². The predicted octanol–water partition coefficient (Wildman–Crippen LogP) is 2.29. The molecule has 2 radical (unpaired) electrons. The number of rotatable bonds is 1. The summed E-state index contributed by atoms with van der Waals surface area (Å²) in [4.78, 5) is 0. The van der Waals surface area contributed by atoms with Crippen LogP contribution < -0.4 is 5.46 Å². The summed E-state index contributed by atoms with van der Waals surface area (Å²) in [5, 5.41) is 0. The van der Waals surface area contributed by atoms with Crippen molar-refractivity contribution in [2.24, 2.45) is 0 Å². The maximum absolute atomic E-state index is 13.1. The van der Waals surface area contributed by atoms with Crippen LogP contribution in [0, 0.1) is 5.82 Å². The Morgan fingerprint density at radius 3 is 2.21 bits per heavy atom. The summed E-state index contributed by atoms with van der Waals surface area (Å²) in [5.74, 6) is -0.369. The van der Waals surface area contributed by atoms with Crippen molar-refractivity contribution in [3.63, 3.8) is 0 Å². The van der Waals surface area contributed by atoms with E-state index >= 15 is 0 Å². The topological polar surface area (TPSA) is 0 Å². The molecule has 0 aliphatic heterocycles. The molecule has 2 heteroatoms. The van der Waals surface area contributed by atoms with Gasteiger partial charge in [-0.05, 0) is 17.2 Å². The molecule has 0 unspecified atom stereocenters. The highest BCUT2D eigenvalue weighted by molar-refractivity contribution is 6.32. The van der Waals surface area contributed by atoms with Gasteiger partial charge in [-0.1, -0.05) is 47.9 Å². The van der Waals surface area contributed by atoms with E-state index < -0.39 is 0 Å². The van der Waals surface area contributed by atoms with E-state index in [9.17, 15) is 4.39 Å². The lowest BCUT2D eigenvalue weighted by atomic mass is 9.93. The molecule has 0 saturated heterocycles. The fraction of sp³-hybridized carbons (Fsp3) is 0. The molecule has 0 aliphatic rings. The van der Waals surface area contributed by atoms with Crippen molar-refractivity contribution in [2.45, 2.75) is 0 Å². The van der Waals surface area contributed by atoms with Gasteiger partial charge in [-0.2, -0.15) is 0 Å². The van der Waals surface area contributed by atoms with Crippen LogP contribution in [-0.2, 0) is 0 Å². The molecule has 0 N–H and O–H groups in total. The fourth-order valence-corrected chi connectivity index (χ4v) is 1.34. The van der Waals surface area contributed by atoms with Crippen molar-refractivity contribution in [1.29, 1.82) is 0 Å². The summed E-state index contributed by atoms with van der Waals surface area (Å²) in [7, 11) is 5.39. The summed E-state index contributed by atoms with van der Waals surface area (Å²) < 4.78 is 13.1. The third-order valence-corrected chi connectivity index (χ3v) is 2.11. The Bertz CT molecular complexity index is 437. The highest BCUT2D eigenvalue weighted by Crippen LogP contribution is 2.18. The summed E-state index contributed by atoms with van der Waals surface area (Å²) in [6, 6.07) is 14.5. The molecular weight excluding hydrogens is 174 g/mol. The molecule has 0 spiro atoms. The SMILES string of the molecule is [B]c1ccc(-c2ccccc2)cc1F. The molecule has 0 bridgehead atoms. The Labute approximate surface area is 83.8 Å². The van der Waals surface area contributed by atoms with E-state index in [1.165, 1.54) is 6.07 Å². The normalized spacial score (nSPS) is 10.1. The second kappa shape index (κ2) is 3.66. The highest BCUT2D eigenvalue weighted by atomic mass is 19.1. The second-order valence-electron chi connectivity index (χ2n) is 3.10. The van der Waals surface area contributed by atoms with E-state index in [1.807, 2.05) is 36.4 Å². The largest absolute Gasteiger partial charge is 0.208 e. The van der Waals surface area contributed by atoms with Crippen LogP contribution in [0.15, 0.2) is 48.5 Å². The van der Waals surface area contributed by atoms with E-state index in [-0.39, 0.29) is 11.3 Å². The Morgan fingerprint density at radius 1 is 0.857 bits per heavy atom. The maximum atomic E-state index is 13.1. The van der Waals surface area contributed by atoms with Gasteiger partial charge in [0.15, 0.2) is 0 Å². The van der Waals surface area contributed by atoms with E-state index in [4.69, 9.17) is 7.85 Å². The third kappa shape index (κ3) is 1.69. The molecule has 0 nitrogen and oxygen atoms in total. The minimum absolute atomic E-state index is 0.185. The number of benzene rings is 2. The lowest BCUT2D eigenvalue weighted by molar-refractivity contribution is 0.636. The molecular formula is C12H8BF. The fourth-order valence-electron chi connectivity index (χ4n) is 1.34. The Morgan fingerprint density at radius 2 is 1.57 bits per heavy atom. The molecule has 0 atom stereocenters. The maximum Gasteiger partial charge on any atom is 0.117 e. The molecule has 2 rings (SSSR count). The van der Waals surface area contributed by atoms with Gasteiger partial charge in [-0.25, -0.2) is 4.39 Å². The van der Waals surface area contributed by atoms with Crippen molar-refractivity contribution in [3.8, 4) is 11.1 Å². The number of hydrogen-bond donors (Lipinski definition) is 0. The Balaban J connectivity index is 2.48. The van der Waals surface area contributed by atoms with Gasteiger partial charge in [0.1, 0.15) is 13.7 Å². The molecule has 2 aromatic rings. The Kier molecular flexibility index (Phi) is 2.36. The standard InChI is InChI=1S/C12H8BF/c13-11-7-6-10(8-12(11)14)9-4-2-1-3-5-9/h1-8H. The van der Waals surface area contributed by atoms with Crippen LogP contribution in [0.3, 0.4) is 0 Å². The second-order valence-corrected chi connectivity index (χ2v) is 3.10. The summed E-state index contributed by atoms with van der Waals surface area (Å²) in [6.45, 7) is 0. The minimum atomic E-state index is -0.369. The van der Waals surface area contributed by atoms with Crippen molar-refractivity contribution in [1.82, 2.24) is 0 Å². The van der Waals surface area contributed by atoms with Gasteiger partial charge in [0.2, 0.25) is 0 Å². The zero-order valence-corrected chi connectivity index (χ0v) is 7.57. The van der Waals surface area contributed by atoms with Crippen molar-refractivity contribution in [3.05, 3.63) is 54.3 Å². The van der Waals surface area contributed by atoms with Gasteiger partial charge >= 0.3 is 0 Å². The van der Waals surface area contributed by atoms with E-state index in [1.54, 1.807) is 6.07 Å². The average molecular weight is 182 g/mol. The van der Waals surface area contributed by atoms with Gasteiger partial charge < -0.3 is 0 Å². The summed E-state index contributed by atoms with van der Waals surface area (Å²) >= 11 is 0. The lowest BCUT2D eigenvalue weighted by Crippen LogP contribution is -2.07. The lowest BCUT2D eigenvalue weighted by Gasteiger charge is -2.03. The van der Waals surface area contributed by atoms with Crippen LogP contribution in [0.2, 0.25) is 0 Å². The summed E-state index contributed by atoms with van der Waals surface area (Å²) in [5.41, 5.74) is 2.02. The monoisotopic (exact) mass is 182 g/mol. The molecule has 0 heterocycles. The average Bonchev–Trinajstić information content (AvgIpc) is 2.23. The first-order chi connectivity index (χ1) is 6.77. The molecule has 66 valence electrons. The van der Waals surface area contributed by atoms with Crippen LogP contribution in [-0.4, -0.2) is 7.85 Å². The predicted molar refractivity (Wildman–Crippen MR) is 57.2 cm³/mol. The van der Waals surface area contributed by atoms with Crippen LogP contribution in [0.4, 0.5) is 4.39 Å². The first-order valence-electron chi connectivity index (χ1n) is 4.38. The van der Waals surface area contributed by atoms with Crippen LogP contribution in [0.1, 0.15) is 0 Å². The van der Waals surface area contributed by atoms with Gasteiger partial charge in [0, 0.05) is 0 Å². The molecule has 14 heavy (non-hydrogen) atoms. The number of hydrogen-bond acceptors (Lipinski definition) is 0. The molecule has 0 fully saturated rings. The van der Waals surface area contributed by atoms with Gasteiger partial charge in [-0.15, -0.1) is 0 Å². The zero-order valence-electron chi connectivity index (χ0n) is 7.57. The summed E-state index contributed by atoms with van der Waals surface area (Å²) in [6.07, 6.45) is 0. The number of halogens is 1. The molecule has 0 amide bonds. The highest BCUT2D eigenvalue weighted by Gasteiger charge is 2.00. The van der Waals surface area contributed by atoms with Gasteiger partial charge in [-0.3, -0.25) is 0 Å².